The molecular formula is C19H30N4O4. The van der Waals surface area contributed by atoms with Gasteiger partial charge in [0.25, 0.3) is 5.69 Å². The van der Waals surface area contributed by atoms with Crippen LogP contribution in [0.15, 0.2) is 23.3 Å². The van der Waals surface area contributed by atoms with Crippen LogP contribution in [0.3, 0.4) is 0 Å². The molecule has 0 atom stereocenters. The number of rotatable bonds is 14. The van der Waals surface area contributed by atoms with Gasteiger partial charge in [0, 0.05) is 11.8 Å². The third-order valence-electron chi connectivity index (χ3n) is 4.40. The lowest BCUT2D eigenvalue weighted by atomic mass is 10.1. The second-order valence-electron chi connectivity index (χ2n) is 6.75. The summed E-state index contributed by atoms with van der Waals surface area (Å²) in [5, 5.41) is 26.0. The Morgan fingerprint density at radius 1 is 0.963 bits per heavy atom. The van der Waals surface area contributed by atoms with E-state index in [-0.39, 0.29) is 17.1 Å². The van der Waals surface area contributed by atoms with Gasteiger partial charge in [-0.05, 0) is 25.8 Å². The molecule has 0 saturated carbocycles. The standard InChI is InChI=1S/C19H30N4O4/c1-3-4-5-6-7-8-9-10-11-12-16(2)20-21-18-14-13-17(22(24)25)15-19(18)23(26)27/h13-15,21H,3-12H2,1-2H3. The Morgan fingerprint density at radius 3 is 2.11 bits per heavy atom. The summed E-state index contributed by atoms with van der Waals surface area (Å²) in [5.41, 5.74) is 2.99. The van der Waals surface area contributed by atoms with Crippen LogP contribution < -0.4 is 5.43 Å². The summed E-state index contributed by atoms with van der Waals surface area (Å²) >= 11 is 0. The maximum absolute atomic E-state index is 11.1. The first-order chi connectivity index (χ1) is 13.0. The van der Waals surface area contributed by atoms with Crippen LogP contribution in [-0.4, -0.2) is 15.6 Å². The van der Waals surface area contributed by atoms with Gasteiger partial charge in [-0.1, -0.05) is 58.3 Å². The number of unbranched alkanes of at least 4 members (excludes halogenated alkanes) is 8. The van der Waals surface area contributed by atoms with Crippen molar-refractivity contribution in [1.29, 1.82) is 0 Å². The van der Waals surface area contributed by atoms with Crippen LogP contribution in [0.5, 0.6) is 0 Å². The van der Waals surface area contributed by atoms with E-state index in [1.165, 1.54) is 57.1 Å². The van der Waals surface area contributed by atoms with E-state index < -0.39 is 9.85 Å². The summed E-state index contributed by atoms with van der Waals surface area (Å²) < 4.78 is 0. The Labute approximate surface area is 160 Å². The van der Waals surface area contributed by atoms with E-state index in [0.29, 0.717) is 0 Å². The van der Waals surface area contributed by atoms with Crippen LogP contribution in [0.1, 0.15) is 78.1 Å². The van der Waals surface area contributed by atoms with E-state index in [2.05, 4.69) is 17.5 Å². The molecule has 0 aromatic heterocycles. The van der Waals surface area contributed by atoms with Crippen LogP contribution in [0, 0.1) is 20.2 Å². The number of nitrogens with one attached hydrogen (secondary N) is 1. The number of anilines is 1. The third-order valence-corrected chi connectivity index (χ3v) is 4.40. The van der Waals surface area contributed by atoms with Gasteiger partial charge < -0.3 is 0 Å². The fourth-order valence-electron chi connectivity index (χ4n) is 2.78. The van der Waals surface area contributed by atoms with E-state index in [9.17, 15) is 20.2 Å². The Hall–Kier alpha value is -2.51. The number of hydrogen-bond acceptors (Lipinski definition) is 6. The van der Waals surface area contributed by atoms with Crippen molar-refractivity contribution in [3.05, 3.63) is 38.4 Å². The number of non-ortho nitro benzene ring substituents is 1. The van der Waals surface area contributed by atoms with Gasteiger partial charge in [-0.25, -0.2) is 0 Å². The van der Waals surface area contributed by atoms with Gasteiger partial charge in [-0.2, -0.15) is 5.10 Å². The number of hydrazone groups is 1. The second kappa shape index (κ2) is 12.8. The van der Waals surface area contributed by atoms with E-state index in [4.69, 9.17) is 0 Å². The Balaban J connectivity index is 2.37. The molecule has 150 valence electrons. The molecule has 1 N–H and O–H groups in total. The zero-order valence-corrected chi connectivity index (χ0v) is 16.3. The number of nitro benzene ring substituents is 2. The molecule has 27 heavy (non-hydrogen) atoms. The maximum Gasteiger partial charge on any atom is 0.301 e. The highest BCUT2D eigenvalue weighted by Gasteiger charge is 2.19. The van der Waals surface area contributed by atoms with Crippen molar-refractivity contribution in [3.63, 3.8) is 0 Å². The number of hydrogen-bond donors (Lipinski definition) is 1. The molecule has 0 heterocycles. The molecule has 0 unspecified atom stereocenters. The van der Waals surface area contributed by atoms with Crippen molar-refractivity contribution in [3.8, 4) is 0 Å². The lowest BCUT2D eigenvalue weighted by molar-refractivity contribution is -0.393. The van der Waals surface area contributed by atoms with Crippen molar-refractivity contribution in [2.24, 2.45) is 5.10 Å². The zero-order chi connectivity index (χ0) is 20.1. The molecule has 0 radical (unpaired) electrons. The van der Waals surface area contributed by atoms with Gasteiger partial charge in [0.2, 0.25) is 0 Å². The number of benzene rings is 1. The summed E-state index contributed by atoms with van der Waals surface area (Å²) in [7, 11) is 0. The normalized spacial score (nSPS) is 11.4. The van der Waals surface area contributed by atoms with Gasteiger partial charge in [0.05, 0.1) is 15.9 Å². The van der Waals surface area contributed by atoms with Crippen LogP contribution in [-0.2, 0) is 0 Å². The summed E-state index contributed by atoms with van der Waals surface area (Å²) in [5.74, 6) is 0. The molecule has 0 aliphatic rings. The maximum atomic E-state index is 11.1. The second-order valence-corrected chi connectivity index (χ2v) is 6.75. The fraction of sp³-hybridized carbons (Fsp3) is 0.632. The number of nitrogens with zero attached hydrogens (tertiary/aromatic N) is 3. The molecule has 0 bridgehead atoms. The molecule has 0 aliphatic heterocycles. The topological polar surface area (TPSA) is 111 Å². The third kappa shape index (κ3) is 9.12. The summed E-state index contributed by atoms with van der Waals surface area (Å²) in [6, 6.07) is 3.47. The van der Waals surface area contributed by atoms with Crippen molar-refractivity contribution in [2.75, 3.05) is 5.43 Å². The first kappa shape index (κ1) is 22.5. The highest BCUT2D eigenvalue weighted by Crippen LogP contribution is 2.28. The van der Waals surface area contributed by atoms with Gasteiger partial charge in [0.15, 0.2) is 0 Å². The molecule has 0 fully saturated rings. The molecule has 0 aliphatic carbocycles. The molecule has 1 aromatic rings. The monoisotopic (exact) mass is 378 g/mol. The average molecular weight is 378 g/mol. The first-order valence-electron chi connectivity index (χ1n) is 9.67. The van der Waals surface area contributed by atoms with E-state index in [1.807, 2.05) is 6.92 Å². The molecule has 0 spiro atoms. The molecule has 0 amide bonds. The smallest absolute Gasteiger partial charge is 0.272 e. The minimum Gasteiger partial charge on any atom is -0.272 e. The lowest BCUT2D eigenvalue weighted by Crippen LogP contribution is -2.01. The lowest BCUT2D eigenvalue weighted by Gasteiger charge is -2.05. The Kier molecular flexibility index (Phi) is 10.7. The fourth-order valence-corrected chi connectivity index (χ4v) is 2.78. The summed E-state index contributed by atoms with van der Waals surface area (Å²) in [4.78, 5) is 20.5. The highest BCUT2D eigenvalue weighted by molar-refractivity contribution is 5.83. The number of nitro groups is 2. The van der Waals surface area contributed by atoms with Crippen LogP contribution in [0.4, 0.5) is 17.1 Å². The van der Waals surface area contributed by atoms with E-state index in [0.717, 1.165) is 31.0 Å². The average Bonchev–Trinajstić information content (AvgIpc) is 2.64. The van der Waals surface area contributed by atoms with E-state index >= 15 is 0 Å². The van der Waals surface area contributed by atoms with Crippen LogP contribution in [0.2, 0.25) is 0 Å². The van der Waals surface area contributed by atoms with Gasteiger partial charge in [-0.15, -0.1) is 0 Å². The largest absolute Gasteiger partial charge is 0.301 e. The molecule has 8 heteroatoms. The first-order valence-corrected chi connectivity index (χ1v) is 9.67. The van der Waals surface area contributed by atoms with Crippen molar-refractivity contribution in [2.45, 2.75) is 78.1 Å². The summed E-state index contributed by atoms with van der Waals surface area (Å²) in [6.07, 6.45) is 12.1. The minimum atomic E-state index is -0.658. The van der Waals surface area contributed by atoms with Crippen molar-refractivity contribution >= 4 is 22.8 Å². The highest BCUT2D eigenvalue weighted by atomic mass is 16.6. The Bertz CT molecular complexity index is 647. The quantitative estimate of drug-likeness (QED) is 0.179. The van der Waals surface area contributed by atoms with Crippen LogP contribution >= 0.6 is 0 Å². The van der Waals surface area contributed by atoms with Gasteiger partial charge >= 0.3 is 5.69 Å². The summed E-state index contributed by atoms with van der Waals surface area (Å²) in [6.45, 7) is 4.09. The van der Waals surface area contributed by atoms with E-state index in [1.54, 1.807) is 0 Å². The van der Waals surface area contributed by atoms with Crippen molar-refractivity contribution < 1.29 is 9.85 Å². The molecule has 0 saturated heterocycles. The minimum absolute atomic E-state index is 0.150. The molecule has 1 rings (SSSR count). The molecule has 8 nitrogen and oxygen atoms in total. The SMILES string of the molecule is CCCCCCCCCCCC(C)=NNc1ccc([N+](=O)[O-])cc1[N+](=O)[O-]. The van der Waals surface area contributed by atoms with Gasteiger partial charge in [-0.3, -0.25) is 25.7 Å². The predicted octanol–water partition coefficient (Wildman–Crippen LogP) is 6.21. The van der Waals surface area contributed by atoms with Crippen molar-refractivity contribution in [1.82, 2.24) is 0 Å². The molecule has 1 aromatic carbocycles. The Morgan fingerprint density at radius 2 is 1.56 bits per heavy atom. The molecular weight excluding hydrogens is 348 g/mol. The zero-order valence-electron chi connectivity index (χ0n) is 16.3. The van der Waals surface area contributed by atoms with Gasteiger partial charge in [0.1, 0.15) is 5.69 Å². The van der Waals surface area contributed by atoms with Crippen LogP contribution in [0.25, 0.3) is 0 Å². The predicted molar refractivity (Wildman–Crippen MR) is 108 cm³/mol.